The summed E-state index contributed by atoms with van der Waals surface area (Å²) < 4.78 is 50.3. The first-order valence-electron chi connectivity index (χ1n) is 7.50. The molecule has 0 bridgehead atoms. The molecule has 1 unspecified atom stereocenters. The highest BCUT2D eigenvalue weighted by atomic mass is 32.2. The highest BCUT2D eigenvalue weighted by molar-refractivity contribution is 7.86. The standard InChI is InChI=1S/C15H18O8S/c1-3-19-15-22-12-11(21-14(16)13(12)23-15)8-20-24(17,18)10-6-4-9(2)5-7-10/h4-7,11-13,15H,3,8H2,1-2H3/t11-,12-,13-,15?/m1/s1. The summed E-state index contributed by atoms with van der Waals surface area (Å²) in [5.41, 5.74) is 0.931. The van der Waals surface area contributed by atoms with E-state index in [1.807, 2.05) is 6.92 Å². The molecule has 3 rings (SSSR count). The van der Waals surface area contributed by atoms with Crippen LogP contribution in [0.3, 0.4) is 0 Å². The first-order chi connectivity index (χ1) is 11.4. The molecule has 1 aromatic carbocycles. The number of rotatable bonds is 6. The zero-order valence-electron chi connectivity index (χ0n) is 13.2. The third-order valence-electron chi connectivity index (χ3n) is 3.69. The van der Waals surface area contributed by atoms with Crippen LogP contribution in [0.2, 0.25) is 0 Å². The van der Waals surface area contributed by atoms with Gasteiger partial charge in [-0.2, -0.15) is 8.42 Å². The monoisotopic (exact) mass is 358 g/mol. The number of hydrogen-bond donors (Lipinski definition) is 0. The van der Waals surface area contributed by atoms with Crippen LogP contribution in [-0.4, -0.2) is 52.4 Å². The van der Waals surface area contributed by atoms with Crippen molar-refractivity contribution in [2.75, 3.05) is 13.2 Å². The van der Waals surface area contributed by atoms with Gasteiger partial charge in [-0.15, -0.1) is 0 Å². The first-order valence-corrected chi connectivity index (χ1v) is 8.90. The fourth-order valence-corrected chi connectivity index (χ4v) is 3.38. The number of benzene rings is 1. The van der Waals surface area contributed by atoms with Gasteiger partial charge < -0.3 is 18.9 Å². The van der Waals surface area contributed by atoms with Crippen LogP contribution in [0.25, 0.3) is 0 Å². The van der Waals surface area contributed by atoms with E-state index in [1.54, 1.807) is 19.1 Å². The van der Waals surface area contributed by atoms with Crippen LogP contribution in [0.4, 0.5) is 0 Å². The molecular weight excluding hydrogens is 340 g/mol. The molecule has 8 nitrogen and oxygen atoms in total. The number of fused-ring (bicyclic) bond motifs is 1. The van der Waals surface area contributed by atoms with Crippen molar-refractivity contribution < 1.29 is 36.3 Å². The Morgan fingerprint density at radius 1 is 1.17 bits per heavy atom. The van der Waals surface area contributed by atoms with Crippen molar-refractivity contribution in [3.05, 3.63) is 29.8 Å². The molecule has 0 N–H and O–H groups in total. The summed E-state index contributed by atoms with van der Waals surface area (Å²) >= 11 is 0. The van der Waals surface area contributed by atoms with Crippen LogP contribution in [0.15, 0.2) is 29.2 Å². The lowest BCUT2D eigenvalue weighted by atomic mass is 10.1. The molecule has 2 heterocycles. The van der Waals surface area contributed by atoms with E-state index in [4.69, 9.17) is 23.1 Å². The van der Waals surface area contributed by atoms with Crippen molar-refractivity contribution in [3.8, 4) is 0 Å². The number of carbonyl (C=O) groups excluding carboxylic acids is 1. The molecule has 0 spiro atoms. The van der Waals surface area contributed by atoms with E-state index in [0.29, 0.717) is 6.61 Å². The number of carbonyl (C=O) groups is 1. The summed E-state index contributed by atoms with van der Waals surface area (Å²) in [6, 6.07) is 6.24. The second-order valence-electron chi connectivity index (χ2n) is 5.43. The van der Waals surface area contributed by atoms with E-state index in [1.165, 1.54) is 12.1 Å². The van der Waals surface area contributed by atoms with Crippen molar-refractivity contribution in [1.82, 2.24) is 0 Å². The molecule has 24 heavy (non-hydrogen) atoms. The Bertz CT molecular complexity index is 699. The Balaban J connectivity index is 1.64. The van der Waals surface area contributed by atoms with Crippen molar-refractivity contribution in [2.45, 2.75) is 43.5 Å². The van der Waals surface area contributed by atoms with Crippen molar-refractivity contribution >= 4 is 16.1 Å². The third kappa shape index (κ3) is 3.45. The molecule has 4 atom stereocenters. The maximum absolute atomic E-state index is 12.2. The second kappa shape index (κ2) is 6.77. The number of hydrogen-bond acceptors (Lipinski definition) is 8. The summed E-state index contributed by atoms with van der Waals surface area (Å²) in [7, 11) is -3.95. The van der Waals surface area contributed by atoms with Crippen molar-refractivity contribution in [3.63, 3.8) is 0 Å². The lowest BCUT2D eigenvalue weighted by Gasteiger charge is -2.17. The Kier molecular flexibility index (Phi) is 4.88. The first kappa shape index (κ1) is 17.3. The predicted octanol–water partition coefficient (Wildman–Crippen LogP) is 0.730. The molecule has 2 aliphatic rings. The number of aryl methyl sites for hydroxylation is 1. The molecule has 0 aromatic heterocycles. The molecule has 2 aliphatic heterocycles. The summed E-state index contributed by atoms with van der Waals surface area (Å²) in [6.07, 6.45) is -2.58. The second-order valence-corrected chi connectivity index (χ2v) is 7.04. The van der Waals surface area contributed by atoms with E-state index in [9.17, 15) is 13.2 Å². The Morgan fingerprint density at radius 3 is 2.54 bits per heavy atom. The van der Waals surface area contributed by atoms with Crippen LogP contribution in [0.5, 0.6) is 0 Å². The summed E-state index contributed by atoms with van der Waals surface area (Å²) in [4.78, 5) is 11.8. The van der Waals surface area contributed by atoms with Crippen LogP contribution in [0, 0.1) is 6.92 Å². The normalized spacial score (nSPS) is 29.5. The van der Waals surface area contributed by atoms with Crippen LogP contribution in [0.1, 0.15) is 12.5 Å². The van der Waals surface area contributed by atoms with Crippen LogP contribution >= 0.6 is 0 Å². The molecule has 0 radical (unpaired) electrons. The minimum absolute atomic E-state index is 0.0322. The van der Waals surface area contributed by atoms with E-state index in [2.05, 4.69) is 0 Å². The van der Waals surface area contributed by atoms with Gasteiger partial charge >= 0.3 is 5.97 Å². The molecule has 1 aromatic rings. The number of cyclic esters (lactones) is 1. The Morgan fingerprint density at radius 2 is 1.88 bits per heavy atom. The van der Waals surface area contributed by atoms with E-state index in [-0.39, 0.29) is 11.5 Å². The van der Waals surface area contributed by atoms with Gasteiger partial charge in [0.15, 0.2) is 12.2 Å². The fraction of sp³-hybridized carbons (Fsp3) is 0.533. The van der Waals surface area contributed by atoms with E-state index < -0.39 is 40.9 Å². The molecule has 0 amide bonds. The maximum atomic E-state index is 12.2. The van der Waals surface area contributed by atoms with Gasteiger partial charge in [-0.1, -0.05) is 17.7 Å². The van der Waals surface area contributed by atoms with Gasteiger partial charge in [0.2, 0.25) is 0 Å². The molecule has 2 saturated heterocycles. The molecule has 0 saturated carbocycles. The van der Waals surface area contributed by atoms with Gasteiger partial charge in [0.25, 0.3) is 16.6 Å². The van der Waals surface area contributed by atoms with Crippen LogP contribution in [-0.2, 0) is 38.0 Å². The highest BCUT2D eigenvalue weighted by Gasteiger charge is 2.54. The number of esters is 1. The minimum Gasteiger partial charge on any atom is -0.455 e. The zero-order valence-corrected chi connectivity index (χ0v) is 14.0. The van der Waals surface area contributed by atoms with Crippen molar-refractivity contribution in [2.24, 2.45) is 0 Å². The number of ether oxygens (including phenoxy) is 4. The molecule has 9 heteroatoms. The summed E-state index contributed by atoms with van der Waals surface area (Å²) in [6.45, 7) is 2.64. The highest BCUT2D eigenvalue weighted by Crippen LogP contribution is 2.31. The molecule has 0 aliphatic carbocycles. The SMILES string of the molecule is CCOC1O[C@@H]2[C@@H](COS(=O)(=O)c3ccc(C)cc3)OC(=O)[C@@H]2O1. The van der Waals surface area contributed by atoms with Gasteiger partial charge in [-0.25, -0.2) is 4.79 Å². The van der Waals surface area contributed by atoms with Gasteiger partial charge in [0.1, 0.15) is 12.7 Å². The van der Waals surface area contributed by atoms with Gasteiger partial charge in [0.05, 0.1) is 4.90 Å². The Hall–Kier alpha value is -1.52. The Labute approximate surface area is 139 Å². The van der Waals surface area contributed by atoms with Crippen LogP contribution < -0.4 is 0 Å². The van der Waals surface area contributed by atoms with E-state index >= 15 is 0 Å². The average molecular weight is 358 g/mol. The summed E-state index contributed by atoms with van der Waals surface area (Å²) in [5.74, 6) is -0.622. The van der Waals surface area contributed by atoms with Gasteiger partial charge in [-0.05, 0) is 26.0 Å². The van der Waals surface area contributed by atoms with Gasteiger partial charge in [0, 0.05) is 6.61 Å². The minimum atomic E-state index is -3.95. The molecule has 132 valence electrons. The topological polar surface area (TPSA) is 97.4 Å². The average Bonchev–Trinajstić information content (AvgIpc) is 3.07. The quantitative estimate of drug-likeness (QED) is 0.542. The fourth-order valence-electron chi connectivity index (χ4n) is 2.46. The van der Waals surface area contributed by atoms with Gasteiger partial charge in [-0.3, -0.25) is 4.18 Å². The smallest absolute Gasteiger partial charge is 0.338 e. The molecule has 2 fully saturated rings. The maximum Gasteiger partial charge on any atom is 0.338 e. The third-order valence-corrected chi connectivity index (χ3v) is 4.99. The zero-order chi connectivity index (χ0) is 17.3. The lowest BCUT2D eigenvalue weighted by Crippen LogP contribution is -2.32. The van der Waals surface area contributed by atoms with E-state index in [0.717, 1.165) is 5.56 Å². The largest absolute Gasteiger partial charge is 0.455 e. The predicted molar refractivity (Wildman–Crippen MR) is 79.4 cm³/mol. The summed E-state index contributed by atoms with van der Waals surface area (Å²) in [5, 5.41) is 0. The van der Waals surface area contributed by atoms with Crippen molar-refractivity contribution in [1.29, 1.82) is 0 Å². The lowest BCUT2D eigenvalue weighted by molar-refractivity contribution is -0.252. The molecular formula is C15H18O8S.